The number of rotatable bonds is 6. The largest absolute Gasteiger partial charge is 0.437 e. The third-order valence-corrected chi connectivity index (χ3v) is 5.03. The van der Waals surface area contributed by atoms with Crippen LogP contribution in [0.5, 0.6) is 11.6 Å². The molecule has 28 heavy (non-hydrogen) atoms. The van der Waals surface area contributed by atoms with Crippen molar-refractivity contribution in [3.8, 4) is 11.6 Å². The minimum Gasteiger partial charge on any atom is -0.437 e. The van der Waals surface area contributed by atoms with Gasteiger partial charge in [0, 0.05) is 37.9 Å². The number of hydrogen-bond acceptors (Lipinski definition) is 8. The first kappa shape index (κ1) is 18.4. The Kier molecular flexibility index (Phi) is 5.48. The molecule has 8 nitrogen and oxygen atoms in total. The van der Waals surface area contributed by atoms with E-state index in [4.69, 9.17) is 9.26 Å². The average Bonchev–Trinajstić information content (AvgIpc) is 3.24. The van der Waals surface area contributed by atoms with Gasteiger partial charge in [0.25, 0.3) is 0 Å². The van der Waals surface area contributed by atoms with Crippen LogP contribution in [0.1, 0.15) is 29.8 Å². The molecule has 1 N–H and O–H groups in total. The summed E-state index contributed by atoms with van der Waals surface area (Å²) < 4.78 is 10.9. The second-order valence-electron chi connectivity index (χ2n) is 6.95. The first-order chi connectivity index (χ1) is 13.7. The standard InChI is InChI=1S/C20H24N6O2/c1-14-19(23-13-24-20(14)28-18-4-3-8-21-15(18)2)26-9-5-16(6-10-26)22-12-17-7-11-27-25-17/h3-4,7-8,11,13,16,22H,5-6,9-10,12H2,1-2H3. The van der Waals surface area contributed by atoms with Gasteiger partial charge in [0.05, 0.1) is 17.0 Å². The van der Waals surface area contributed by atoms with E-state index in [1.807, 2.05) is 32.0 Å². The van der Waals surface area contributed by atoms with E-state index in [-0.39, 0.29) is 0 Å². The summed E-state index contributed by atoms with van der Waals surface area (Å²) >= 11 is 0. The van der Waals surface area contributed by atoms with E-state index in [1.165, 1.54) is 0 Å². The van der Waals surface area contributed by atoms with Crippen molar-refractivity contribution >= 4 is 5.82 Å². The lowest BCUT2D eigenvalue weighted by Gasteiger charge is -2.34. The normalized spacial score (nSPS) is 15.0. The highest BCUT2D eigenvalue weighted by atomic mass is 16.5. The zero-order valence-electron chi connectivity index (χ0n) is 16.1. The average molecular weight is 380 g/mol. The second kappa shape index (κ2) is 8.35. The Morgan fingerprint density at radius 1 is 1.18 bits per heavy atom. The molecule has 1 aliphatic rings. The quantitative estimate of drug-likeness (QED) is 0.698. The van der Waals surface area contributed by atoms with Gasteiger partial charge in [-0.05, 0) is 38.8 Å². The number of ether oxygens (including phenoxy) is 1. The van der Waals surface area contributed by atoms with Gasteiger partial charge in [-0.3, -0.25) is 4.98 Å². The van der Waals surface area contributed by atoms with Crippen LogP contribution in [0.15, 0.2) is 41.5 Å². The Morgan fingerprint density at radius 2 is 2.04 bits per heavy atom. The lowest BCUT2D eigenvalue weighted by molar-refractivity contribution is 0.386. The van der Waals surface area contributed by atoms with E-state index in [1.54, 1.807) is 18.8 Å². The van der Waals surface area contributed by atoms with E-state index in [0.717, 1.165) is 55.2 Å². The van der Waals surface area contributed by atoms with Gasteiger partial charge < -0.3 is 19.5 Å². The number of piperidine rings is 1. The number of aryl methyl sites for hydroxylation is 1. The van der Waals surface area contributed by atoms with Crippen molar-refractivity contribution in [2.45, 2.75) is 39.3 Å². The lowest BCUT2D eigenvalue weighted by Crippen LogP contribution is -2.42. The van der Waals surface area contributed by atoms with Gasteiger partial charge >= 0.3 is 0 Å². The molecule has 0 spiro atoms. The van der Waals surface area contributed by atoms with Crippen LogP contribution in [0.3, 0.4) is 0 Å². The SMILES string of the molecule is Cc1ncccc1Oc1ncnc(N2CCC(NCc3ccon3)CC2)c1C. The van der Waals surface area contributed by atoms with Crippen LogP contribution in [0.25, 0.3) is 0 Å². The first-order valence-electron chi connectivity index (χ1n) is 9.49. The maximum Gasteiger partial charge on any atom is 0.227 e. The number of hydrogen-bond donors (Lipinski definition) is 1. The summed E-state index contributed by atoms with van der Waals surface area (Å²) in [5.41, 5.74) is 2.71. The molecule has 1 saturated heterocycles. The monoisotopic (exact) mass is 380 g/mol. The number of pyridine rings is 1. The van der Waals surface area contributed by atoms with Gasteiger partial charge in [-0.25, -0.2) is 9.97 Å². The highest BCUT2D eigenvalue weighted by molar-refractivity contribution is 5.51. The summed E-state index contributed by atoms with van der Waals surface area (Å²) in [7, 11) is 0. The van der Waals surface area contributed by atoms with Gasteiger partial charge in [-0.1, -0.05) is 5.16 Å². The fourth-order valence-corrected chi connectivity index (χ4v) is 3.40. The van der Waals surface area contributed by atoms with Crippen molar-refractivity contribution in [2.75, 3.05) is 18.0 Å². The molecule has 8 heteroatoms. The van der Waals surface area contributed by atoms with Gasteiger partial charge in [0.1, 0.15) is 18.4 Å². The predicted octanol–water partition coefficient (Wildman–Crippen LogP) is 3.03. The van der Waals surface area contributed by atoms with Crippen LogP contribution in [-0.4, -0.2) is 39.2 Å². The fraction of sp³-hybridized carbons (Fsp3) is 0.400. The molecule has 3 aromatic heterocycles. The minimum absolute atomic E-state index is 0.462. The molecule has 0 aromatic carbocycles. The van der Waals surface area contributed by atoms with E-state index in [2.05, 4.69) is 30.3 Å². The van der Waals surface area contributed by atoms with Crippen LogP contribution in [0.4, 0.5) is 5.82 Å². The topological polar surface area (TPSA) is 89.2 Å². The van der Waals surface area contributed by atoms with E-state index in [0.29, 0.717) is 17.7 Å². The Morgan fingerprint density at radius 3 is 2.79 bits per heavy atom. The minimum atomic E-state index is 0.462. The Bertz CT molecular complexity index is 907. The van der Waals surface area contributed by atoms with Crippen LogP contribution in [-0.2, 0) is 6.54 Å². The lowest BCUT2D eigenvalue weighted by atomic mass is 10.0. The van der Waals surface area contributed by atoms with Crippen LogP contribution in [0.2, 0.25) is 0 Å². The molecule has 4 heterocycles. The fourth-order valence-electron chi connectivity index (χ4n) is 3.40. The molecule has 0 amide bonds. The molecular formula is C20H24N6O2. The molecular weight excluding hydrogens is 356 g/mol. The zero-order valence-corrected chi connectivity index (χ0v) is 16.1. The van der Waals surface area contributed by atoms with Crippen LogP contribution in [0, 0.1) is 13.8 Å². The molecule has 0 saturated carbocycles. The molecule has 0 unspecified atom stereocenters. The number of nitrogens with one attached hydrogen (secondary N) is 1. The van der Waals surface area contributed by atoms with Gasteiger partial charge in [0.2, 0.25) is 5.88 Å². The molecule has 4 rings (SSSR count). The van der Waals surface area contributed by atoms with Crippen LogP contribution >= 0.6 is 0 Å². The molecule has 0 aliphatic carbocycles. The van der Waals surface area contributed by atoms with Crippen molar-refractivity contribution in [1.82, 2.24) is 25.4 Å². The number of aromatic nitrogens is 4. The Hall–Kier alpha value is -3.00. The van der Waals surface area contributed by atoms with Crippen molar-refractivity contribution < 1.29 is 9.26 Å². The van der Waals surface area contributed by atoms with E-state index >= 15 is 0 Å². The summed E-state index contributed by atoms with van der Waals surface area (Å²) in [6, 6.07) is 6.10. The Labute approximate surface area is 164 Å². The van der Waals surface area contributed by atoms with Gasteiger partial charge in [-0.15, -0.1) is 0 Å². The van der Waals surface area contributed by atoms with E-state index < -0.39 is 0 Å². The molecule has 0 radical (unpaired) electrons. The van der Waals surface area contributed by atoms with Crippen molar-refractivity contribution in [3.63, 3.8) is 0 Å². The van der Waals surface area contributed by atoms with Crippen molar-refractivity contribution in [3.05, 3.63) is 53.9 Å². The van der Waals surface area contributed by atoms with Gasteiger partial charge in [0.15, 0.2) is 5.75 Å². The molecule has 1 fully saturated rings. The van der Waals surface area contributed by atoms with E-state index in [9.17, 15) is 0 Å². The first-order valence-corrected chi connectivity index (χ1v) is 9.49. The maximum absolute atomic E-state index is 6.00. The third kappa shape index (κ3) is 4.12. The Balaban J connectivity index is 1.39. The summed E-state index contributed by atoms with van der Waals surface area (Å²) in [6.45, 7) is 6.52. The van der Waals surface area contributed by atoms with Crippen LogP contribution < -0.4 is 15.0 Å². The molecule has 0 bridgehead atoms. The number of nitrogens with zero attached hydrogens (tertiary/aromatic N) is 5. The highest BCUT2D eigenvalue weighted by Gasteiger charge is 2.23. The summed E-state index contributed by atoms with van der Waals surface area (Å²) in [5.74, 6) is 2.22. The predicted molar refractivity (Wildman–Crippen MR) is 104 cm³/mol. The zero-order chi connectivity index (χ0) is 19.3. The molecule has 3 aromatic rings. The van der Waals surface area contributed by atoms with Crippen molar-refractivity contribution in [1.29, 1.82) is 0 Å². The number of anilines is 1. The maximum atomic E-state index is 6.00. The molecule has 146 valence electrons. The summed E-state index contributed by atoms with van der Waals surface area (Å²) in [5, 5.41) is 7.49. The van der Waals surface area contributed by atoms with Crippen molar-refractivity contribution in [2.24, 2.45) is 0 Å². The molecule has 1 aliphatic heterocycles. The molecule has 0 atom stereocenters. The summed E-state index contributed by atoms with van der Waals surface area (Å²) in [4.78, 5) is 15.4. The highest BCUT2D eigenvalue weighted by Crippen LogP contribution is 2.30. The second-order valence-corrected chi connectivity index (χ2v) is 6.95. The van der Waals surface area contributed by atoms with Gasteiger partial charge in [-0.2, -0.15) is 0 Å². The smallest absolute Gasteiger partial charge is 0.227 e. The summed E-state index contributed by atoms with van der Waals surface area (Å²) in [6.07, 6.45) is 7.00. The third-order valence-electron chi connectivity index (χ3n) is 5.03.